The Morgan fingerprint density at radius 1 is 0.949 bits per heavy atom. The lowest BCUT2D eigenvalue weighted by Crippen LogP contribution is -2.63. The van der Waals surface area contributed by atoms with Crippen LogP contribution in [0.3, 0.4) is 0 Å². The molecule has 3 aromatic heterocycles. The second-order valence-corrected chi connectivity index (χ2v) is 20.2. The molecule has 0 atom stereocenters. The van der Waals surface area contributed by atoms with Crippen LogP contribution in [0.1, 0.15) is 81.8 Å². The number of aldehydes is 1. The lowest BCUT2D eigenvalue weighted by atomic mass is 9.48. The molecule has 5 N–H and O–H groups in total. The van der Waals surface area contributed by atoms with E-state index in [1.165, 1.54) is 6.20 Å². The number of hydrogen-bond acceptors (Lipinski definition) is 15. The zero-order valence-corrected chi connectivity index (χ0v) is 45.4. The second kappa shape index (κ2) is 25.9. The number of rotatable bonds is 17. The van der Waals surface area contributed by atoms with Crippen LogP contribution in [-0.4, -0.2) is 139 Å². The maximum absolute atomic E-state index is 14.8. The third-order valence-corrected chi connectivity index (χ3v) is 15.2. The molecule has 78 heavy (non-hydrogen) atoms. The van der Waals surface area contributed by atoms with Crippen LogP contribution in [0.15, 0.2) is 73.2 Å². The van der Waals surface area contributed by atoms with Gasteiger partial charge in [0.25, 0.3) is 5.91 Å². The van der Waals surface area contributed by atoms with Gasteiger partial charge < -0.3 is 40.6 Å². The highest BCUT2D eigenvalue weighted by Crippen LogP contribution is 2.61. The topological polar surface area (TPSA) is 237 Å². The van der Waals surface area contributed by atoms with Crippen molar-refractivity contribution >= 4 is 64.2 Å². The van der Waals surface area contributed by atoms with Crippen LogP contribution in [0.5, 0.6) is 5.75 Å². The van der Waals surface area contributed by atoms with Gasteiger partial charge in [-0.1, -0.05) is 13.8 Å². The van der Waals surface area contributed by atoms with Gasteiger partial charge in [-0.2, -0.15) is 10.4 Å². The van der Waals surface area contributed by atoms with Crippen molar-refractivity contribution < 1.29 is 37.5 Å². The number of piperazine rings is 1. The fourth-order valence-corrected chi connectivity index (χ4v) is 11.1. The summed E-state index contributed by atoms with van der Waals surface area (Å²) >= 11 is 0. The molecule has 0 radical (unpaired) electrons. The molecule has 4 fully saturated rings. The number of aromatic nitrogens is 4. The van der Waals surface area contributed by atoms with E-state index >= 15 is 0 Å². The van der Waals surface area contributed by atoms with Gasteiger partial charge in [0.05, 0.1) is 40.7 Å². The first kappa shape index (κ1) is 57.7. The molecule has 9 rings (SSSR count). The largest absolute Gasteiger partial charge is 0.492 e. The predicted molar refractivity (Wildman–Crippen MR) is 295 cm³/mol. The number of carbonyl (C=O) groups excluding carboxylic acids is 5. The summed E-state index contributed by atoms with van der Waals surface area (Å²) in [5.74, 6) is -0.0133. The summed E-state index contributed by atoms with van der Waals surface area (Å²) in [5.41, 5.74) is 8.87. The summed E-state index contributed by atoms with van der Waals surface area (Å²) in [6.45, 7) is 10.8. The number of hydrogen-bond donors (Lipinski definition) is 4. The van der Waals surface area contributed by atoms with Crippen LogP contribution < -0.4 is 36.2 Å². The van der Waals surface area contributed by atoms with Gasteiger partial charge in [0.2, 0.25) is 18.2 Å². The second-order valence-electron chi connectivity index (χ2n) is 20.2. The number of nitrogens with two attached hydrogens (primary N) is 1. The van der Waals surface area contributed by atoms with Crippen LogP contribution in [0.2, 0.25) is 0 Å². The van der Waals surface area contributed by atoms with Crippen LogP contribution in [0.25, 0.3) is 27.6 Å². The zero-order valence-electron chi connectivity index (χ0n) is 45.4. The van der Waals surface area contributed by atoms with Crippen molar-refractivity contribution in [2.75, 3.05) is 88.2 Å². The van der Waals surface area contributed by atoms with Gasteiger partial charge in [0.15, 0.2) is 5.82 Å². The van der Waals surface area contributed by atoms with E-state index < -0.39 is 23.1 Å². The van der Waals surface area contributed by atoms with Crippen LogP contribution in [0.4, 0.5) is 26.1 Å². The van der Waals surface area contributed by atoms with Crippen molar-refractivity contribution in [1.82, 2.24) is 40.2 Å². The molecule has 4 aliphatic rings. The van der Waals surface area contributed by atoms with Crippen LogP contribution in [-0.2, 0) is 26.2 Å². The number of imide groups is 1. The van der Waals surface area contributed by atoms with E-state index in [1.807, 2.05) is 86.7 Å². The Balaban J connectivity index is 0.000000320. The number of pyridine rings is 2. The van der Waals surface area contributed by atoms with E-state index in [4.69, 9.17) is 15.5 Å². The van der Waals surface area contributed by atoms with E-state index in [9.17, 15) is 38.0 Å². The predicted octanol–water partition coefficient (Wildman–Crippen LogP) is 6.30. The molecular weight excluding hydrogens is 1000 g/mol. The van der Waals surface area contributed by atoms with Crippen molar-refractivity contribution in [3.63, 3.8) is 0 Å². The first-order valence-electron chi connectivity index (χ1n) is 26.6. The van der Waals surface area contributed by atoms with E-state index in [2.05, 4.69) is 41.9 Å². The smallest absolute Gasteiger partial charge is 0.254 e. The monoisotopic (exact) mass is 1070 g/mol. The molecule has 5 aromatic rings. The van der Waals surface area contributed by atoms with Gasteiger partial charge in [-0.15, -0.1) is 0 Å². The summed E-state index contributed by atoms with van der Waals surface area (Å²) in [4.78, 5) is 76.9. The number of ether oxygens (including phenoxy) is 1. The van der Waals surface area contributed by atoms with E-state index in [1.54, 1.807) is 18.5 Å². The van der Waals surface area contributed by atoms with Crippen molar-refractivity contribution in [1.29, 1.82) is 5.26 Å². The Labute approximate surface area is 454 Å². The SMILES string of the molecule is CC.CCOc1cnc(/C(C#N)=C\N)c(-c2ccc(N3CCC(CN4CCN(C(=O)C5CC6(CC(C=O)C6)C5)CC4)(NC(=O)c4cc(F)ccc4F)CC3)nc2)c1.CNc1ccc2c(N(C)CCC(=O)NC=O)nn(C)c2c1. The number of fused-ring (bicyclic) bond motifs is 1. The quantitative estimate of drug-likeness (QED) is 0.0591. The number of benzene rings is 2. The molecule has 2 saturated carbocycles. The van der Waals surface area contributed by atoms with Gasteiger partial charge in [0, 0.05) is 126 Å². The number of nitrogens with one attached hydrogen (secondary N) is 3. The molecule has 19 nitrogen and oxygen atoms in total. The molecule has 414 valence electrons. The first-order chi connectivity index (χ1) is 37.6. The number of allylic oxidation sites excluding steroid dienone is 1. The van der Waals surface area contributed by atoms with Gasteiger partial charge in [-0.25, -0.2) is 13.8 Å². The summed E-state index contributed by atoms with van der Waals surface area (Å²) < 4.78 is 36.3. The lowest BCUT2D eigenvalue weighted by Gasteiger charge is -2.57. The number of aryl methyl sites for hydroxylation is 1. The van der Waals surface area contributed by atoms with Crippen LogP contribution in [0, 0.1) is 40.2 Å². The third kappa shape index (κ3) is 13.2. The number of nitriles is 1. The molecule has 21 heteroatoms. The van der Waals surface area contributed by atoms with Gasteiger partial charge in [-0.3, -0.25) is 39.1 Å². The summed E-state index contributed by atoms with van der Waals surface area (Å²) in [6.07, 6.45) is 10.7. The van der Waals surface area contributed by atoms with Crippen molar-refractivity contribution in [2.45, 2.75) is 71.3 Å². The molecule has 0 bridgehead atoms. The molecule has 5 heterocycles. The molecule has 1 spiro atoms. The fraction of sp³-hybridized carbons (Fsp3) is 0.456. The Hall–Kier alpha value is -7.99. The van der Waals surface area contributed by atoms with E-state index in [0.29, 0.717) is 95.2 Å². The molecule has 2 aliphatic carbocycles. The Morgan fingerprint density at radius 3 is 2.31 bits per heavy atom. The van der Waals surface area contributed by atoms with Crippen LogP contribution >= 0.6 is 0 Å². The Morgan fingerprint density at radius 2 is 1.68 bits per heavy atom. The Kier molecular flexibility index (Phi) is 19.2. The molecule has 2 saturated heterocycles. The summed E-state index contributed by atoms with van der Waals surface area (Å²) in [5, 5.41) is 23.5. The van der Waals surface area contributed by atoms with Gasteiger partial charge >= 0.3 is 0 Å². The number of piperidine rings is 1. The van der Waals surface area contributed by atoms with Gasteiger partial charge in [-0.05, 0) is 105 Å². The molecule has 4 amide bonds. The summed E-state index contributed by atoms with van der Waals surface area (Å²) in [7, 11) is 5.64. The number of amides is 4. The molecule has 2 aliphatic heterocycles. The molecular formula is C57H71F2N13O6. The number of carbonyl (C=O) groups is 5. The van der Waals surface area contributed by atoms with Crippen molar-refractivity contribution in [3.05, 3.63) is 96.1 Å². The van der Waals surface area contributed by atoms with E-state index in [0.717, 1.165) is 84.0 Å². The molecule has 0 unspecified atom stereocenters. The van der Waals surface area contributed by atoms with E-state index in [-0.39, 0.29) is 46.6 Å². The minimum atomic E-state index is -0.793. The maximum atomic E-state index is 14.8. The minimum absolute atomic E-state index is 0.0229. The molecule has 2 aromatic carbocycles. The van der Waals surface area contributed by atoms with Crippen molar-refractivity contribution in [3.8, 4) is 22.9 Å². The number of anilines is 3. The van der Waals surface area contributed by atoms with Gasteiger partial charge in [0.1, 0.15) is 35.6 Å². The highest BCUT2D eigenvalue weighted by Gasteiger charge is 2.55. The Bertz CT molecular complexity index is 3000. The minimum Gasteiger partial charge on any atom is -0.492 e. The summed E-state index contributed by atoms with van der Waals surface area (Å²) in [6, 6.07) is 16.6. The first-order valence-corrected chi connectivity index (χ1v) is 26.6. The highest BCUT2D eigenvalue weighted by atomic mass is 19.1. The normalized spacial score (nSPS) is 19.6. The standard InChI is InChI=1S/C41H46F2N8O4.C14H19N5O2.C2H6/c1-2-55-32-16-33(37(47-24-32)30(21-44)22-45)28-3-6-36(46-23-28)50-9-7-41(8-10-50,48-38(53)34-15-31(42)4-5-35(34)43)26-49-11-13-51(14-12-49)39(54)29-19-40(20-29)17-27(18-40)25-52;1-15-10-4-5-11-12(8-10)19(3)17-14(11)18(2)7-6-13(21)16-9-20;1-2/h3-6,15-16,21,23-25,27,29H,2,7-14,17-20,26,44H2,1H3,(H,48,53);4-5,8-9,15H,6-7H2,1-3H3,(H,16,20,21);1-2H3/b30-21-;;. The highest BCUT2D eigenvalue weighted by molar-refractivity contribution is 5.95. The third-order valence-electron chi connectivity index (χ3n) is 15.2. The lowest BCUT2D eigenvalue weighted by molar-refractivity contribution is -0.154. The fourth-order valence-electron chi connectivity index (χ4n) is 11.1. The average molecular weight is 1070 g/mol. The van der Waals surface area contributed by atoms with Crippen molar-refractivity contribution in [2.24, 2.45) is 30.0 Å². The maximum Gasteiger partial charge on any atom is 0.254 e. The average Bonchev–Trinajstić information content (AvgIpc) is 3.78. The number of nitrogens with zero attached hydrogens (tertiary/aromatic N) is 9. The number of halogens is 2. The zero-order chi connectivity index (χ0) is 56.1.